The average Bonchev–Trinajstić information content (AvgIpc) is 3.12. The Balaban J connectivity index is 1.37. The first-order valence-corrected chi connectivity index (χ1v) is 12.5. The lowest BCUT2D eigenvalue weighted by molar-refractivity contribution is -0.117. The third-order valence-electron chi connectivity index (χ3n) is 6.21. The van der Waals surface area contributed by atoms with Crippen LogP contribution in [0.2, 0.25) is 10.0 Å². The van der Waals surface area contributed by atoms with Gasteiger partial charge in [0, 0.05) is 31.2 Å². The molecule has 0 radical (unpaired) electrons. The molecule has 1 N–H and O–H groups in total. The molecule has 1 atom stereocenters. The zero-order chi connectivity index (χ0) is 24.8. The monoisotopic (exact) mass is 510 g/mol. The zero-order valence-corrected chi connectivity index (χ0v) is 21.1. The lowest BCUT2D eigenvalue weighted by Crippen LogP contribution is -2.35. The number of aromatic nitrogens is 1. The van der Waals surface area contributed by atoms with Crippen LogP contribution in [-0.4, -0.2) is 47.9 Å². The van der Waals surface area contributed by atoms with Crippen molar-refractivity contribution in [3.8, 4) is 0 Å². The maximum Gasteiger partial charge on any atom is 0.255 e. The first-order chi connectivity index (χ1) is 17.0. The van der Waals surface area contributed by atoms with Crippen LogP contribution in [0.5, 0.6) is 0 Å². The van der Waals surface area contributed by atoms with Crippen molar-refractivity contribution in [3.63, 3.8) is 0 Å². The Bertz CT molecular complexity index is 1170. The minimum atomic E-state index is -0.209. The van der Waals surface area contributed by atoms with Crippen molar-refractivity contribution < 1.29 is 9.59 Å². The molecule has 8 heteroatoms. The minimum absolute atomic E-state index is 0.0435. The number of rotatable bonds is 6. The second-order valence-electron chi connectivity index (χ2n) is 8.52. The number of benzene rings is 2. The van der Waals surface area contributed by atoms with Gasteiger partial charge in [-0.2, -0.15) is 0 Å². The molecule has 0 aliphatic carbocycles. The largest absolute Gasteiger partial charge is 0.355 e. The van der Waals surface area contributed by atoms with Crippen LogP contribution in [0.15, 0.2) is 66.9 Å². The van der Waals surface area contributed by atoms with Crippen molar-refractivity contribution >= 4 is 46.5 Å². The third kappa shape index (κ3) is 6.13. The molecule has 0 spiro atoms. The number of nitrogens with zero attached hydrogens (tertiary/aromatic N) is 3. The standard InChI is InChI=1S/C27H28Cl2N4O2/c1-2-22(19-7-4-3-5-8-19)26(34)31-21-10-12-25(30-18-21)32-13-6-14-33(16-15-32)27(35)23-11-9-20(28)17-24(23)29/h3-5,7-12,17-18,22H,2,6,13-16H2,1H3,(H,31,34)/t22-/m0/s1. The van der Waals surface area contributed by atoms with E-state index in [0.717, 1.165) is 24.3 Å². The third-order valence-corrected chi connectivity index (χ3v) is 6.76. The fourth-order valence-electron chi connectivity index (χ4n) is 4.32. The number of anilines is 2. The quantitative estimate of drug-likeness (QED) is 0.450. The predicted molar refractivity (Wildman–Crippen MR) is 142 cm³/mol. The van der Waals surface area contributed by atoms with Crippen LogP contribution in [0.25, 0.3) is 0 Å². The molecule has 6 nitrogen and oxygen atoms in total. The first kappa shape index (κ1) is 25.0. The number of hydrogen-bond donors (Lipinski definition) is 1. The van der Waals surface area contributed by atoms with Crippen molar-refractivity contribution in [2.75, 3.05) is 36.4 Å². The van der Waals surface area contributed by atoms with Gasteiger partial charge in [0.1, 0.15) is 5.82 Å². The van der Waals surface area contributed by atoms with E-state index in [-0.39, 0.29) is 17.7 Å². The number of carbonyl (C=O) groups excluding carboxylic acids is 2. The molecule has 182 valence electrons. The highest BCUT2D eigenvalue weighted by Gasteiger charge is 2.23. The summed E-state index contributed by atoms with van der Waals surface area (Å²) in [6.07, 6.45) is 3.21. The fourth-order valence-corrected chi connectivity index (χ4v) is 4.81. The number of hydrogen-bond acceptors (Lipinski definition) is 4. The summed E-state index contributed by atoms with van der Waals surface area (Å²) < 4.78 is 0. The normalized spacial score (nSPS) is 14.8. The fraction of sp³-hybridized carbons (Fsp3) is 0.296. The SMILES string of the molecule is CC[C@H](C(=O)Nc1ccc(N2CCCN(C(=O)c3ccc(Cl)cc3Cl)CC2)nc1)c1ccccc1. The highest BCUT2D eigenvalue weighted by molar-refractivity contribution is 6.36. The van der Waals surface area contributed by atoms with Crippen LogP contribution in [-0.2, 0) is 4.79 Å². The van der Waals surface area contributed by atoms with Gasteiger partial charge in [0.25, 0.3) is 5.91 Å². The van der Waals surface area contributed by atoms with Gasteiger partial charge < -0.3 is 15.1 Å². The van der Waals surface area contributed by atoms with E-state index in [4.69, 9.17) is 23.2 Å². The Morgan fingerprint density at radius 3 is 2.49 bits per heavy atom. The van der Waals surface area contributed by atoms with Gasteiger partial charge >= 0.3 is 0 Å². The molecular formula is C27H28Cl2N4O2. The summed E-state index contributed by atoms with van der Waals surface area (Å²) in [6, 6.07) is 18.5. The van der Waals surface area contributed by atoms with Crippen molar-refractivity contribution in [1.29, 1.82) is 0 Å². The zero-order valence-electron chi connectivity index (χ0n) is 19.6. The Hall–Kier alpha value is -3.09. The molecule has 0 bridgehead atoms. The molecule has 1 fully saturated rings. The van der Waals surface area contributed by atoms with E-state index in [2.05, 4.69) is 15.2 Å². The maximum absolute atomic E-state index is 13.0. The predicted octanol–water partition coefficient (Wildman–Crippen LogP) is 5.87. The van der Waals surface area contributed by atoms with Gasteiger partial charge in [-0.05, 0) is 48.7 Å². The van der Waals surface area contributed by atoms with Crippen LogP contribution in [0.4, 0.5) is 11.5 Å². The summed E-state index contributed by atoms with van der Waals surface area (Å²) >= 11 is 12.2. The lowest BCUT2D eigenvalue weighted by Gasteiger charge is -2.23. The van der Waals surface area contributed by atoms with Crippen molar-refractivity contribution in [1.82, 2.24) is 9.88 Å². The van der Waals surface area contributed by atoms with Gasteiger partial charge in [0.15, 0.2) is 0 Å². The molecular weight excluding hydrogens is 483 g/mol. The smallest absolute Gasteiger partial charge is 0.255 e. The Kier molecular flexibility index (Phi) is 8.26. The van der Waals surface area contributed by atoms with Gasteiger partial charge in [0.2, 0.25) is 5.91 Å². The van der Waals surface area contributed by atoms with E-state index in [0.29, 0.717) is 47.4 Å². The highest BCUT2D eigenvalue weighted by atomic mass is 35.5. The van der Waals surface area contributed by atoms with Crippen LogP contribution in [0.1, 0.15) is 41.6 Å². The molecule has 2 amide bonds. The van der Waals surface area contributed by atoms with E-state index in [1.54, 1.807) is 24.4 Å². The molecule has 4 rings (SSSR count). The number of nitrogens with one attached hydrogen (secondary N) is 1. The first-order valence-electron chi connectivity index (χ1n) is 11.8. The van der Waals surface area contributed by atoms with E-state index in [1.807, 2.05) is 54.3 Å². The number of pyridine rings is 1. The van der Waals surface area contributed by atoms with Crippen LogP contribution < -0.4 is 10.2 Å². The van der Waals surface area contributed by atoms with Gasteiger partial charge in [-0.15, -0.1) is 0 Å². The Labute approximate surface area is 215 Å². The minimum Gasteiger partial charge on any atom is -0.355 e. The topological polar surface area (TPSA) is 65.5 Å². The van der Waals surface area contributed by atoms with Gasteiger partial charge in [0.05, 0.1) is 28.4 Å². The number of halogens is 2. The Morgan fingerprint density at radius 1 is 1.00 bits per heavy atom. The molecule has 1 saturated heterocycles. The number of amides is 2. The number of carbonyl (C=O) groups is 2. The molecule has 3 aromatic rings. The summed E-state index contributed by atoms with van der Waals surface area (Å²) in [7, 11) is 0. The molecule has 1 aliphatic heterocycles. The molecule has 1 aliphatic rings. The lowest BCUT2D eigenvalue weighted by atomic mass is 9.95. The van der Waals surface area contributed by atoms with E-state index in [9.17, 15) is 9.59 Å². The summed E-state index contributed by atoms with van der Waals surface area (Å²) in [4.78, 5) is 34.4. The van der Waals surface area contributed by atoms with Crippen LogP contribution in [0.3, 0.4) is 0 Å². The summed E-state index contributed by atoms with van der Waals surface area (Å²) in [5.41, 5.74) is 2.13. The average molecular weight is 511 g/mol. The van der Waals surface area contributed by atoms with Crippen LogP contribution >= 0.6 is 23.2 Å². The van der Waals surface area contributed by atoms with Gasteiger partial charge in [-0.1, -0.05) is 60.5 Å². The molecule has 1 aromatic heterocycles. The van der Waals surface area contributed by atoms with E-state index >= 15 is 0 Å². The highest BCUT2D eigenvalue weighted by Crippen LogP contribution is 2.25. The van der Waals surface area contributed by atoms with Crippen LogP contribution in [0, 0.1) is 0 Å². The Morgan fingerprint density at radius 2 is 1.80 bits per heavy atom. The van der Waals surface area contributed by atoms with E-state index in [1.165, 1.54) is 0 Å². The van der Waals surface area contributed by atoms with Crippen molar-refractivity contribution in [3.05, 3.63) is 88.0 Å². The molecule has 2 heterocycles. The van der Waals surface area contributed by atoms with E-state index < -0.39 is 0 Å². The summed E-state index contributed by atoms with van der Waals surface area (Å²) in [6.45, 7) is 4.64. The van der Waals surface area contributed by atoms with Crippen molar-refractivity contribution in [2.24, 2.45) is 0 Å². The second-order valence-corrected chi connectivity index (χ2v) is 9.37. The molecule has 0 saturated carbocycles. The summed E-state index contributed by atoms with van der Waals surface area (Å²) in [5.74, 6) is 0.470. The molecule has 35 heavy (non-hydrogen) atoms. The molecule has 0 unspecified atom stereocenters. The van der Waals surface area contributed by atoms with Crippen molar-refractivity contribution in [2.45, 2.75) is 25.7 Å². The molecule has 2 aromatic carbocycles. The van der Waals surface area contributed by atoms with Gasteiger partial charge in [-0.3, -0.25) is 9.59 Å². The van der Waals surface area contributed by atoms with Gasteiger partial charge in [-0.25, -0.2) is 4.98 Å². The second kappa shape index (κ2) is 11.6. The summed E-state index contributed by atoms with van der Waals surface area (Å²) in [5, 5.41) is 3.85. The maximum atomic E-state index is 13.0.